The normalized spacial score (nSPS) is 18.1. The summed E-state index contributed by atoms with van der Waals surface area (Å²) in [5.41, 5.74) is 2.83. The van der Waals surface area contributed by atoms with Gasteiger partial charge in [0.05, 0.1) is 6.04 Å². The monoisotopic (exact) mass is 340 g/mol. The highest BCUT2D eigenvalue weighted by Gasteiger charge is 2.23. The van der Waals surface area contributed by atoms with E-state index in [2.05, 4.69) is 60.8 Å². The van der Waals surface area contributed by atoms with Gasteiger partial charge in [-0.3, -0.25) is 9.48 Å². The van der Waals surface area contributed by atoms with Crippen molar-refractivity contribution in [1.29, 1.82) is 0 Å². The van der Waals surface area contributed by atoms with Crippen LogP contribution in [-0.2, 0) is 5.41 Å². The third-order valence-corrected chi connectivity index (χ3v) is 4.98. The molecule has 1 aromatic heterocycles. The molecule has 0 aliphatic carbocycles. The summed E-state index contributed by atoms with van der Waals surface area (Å²) in [6.07, 6.45) is 4.17. The highest BCUT2D eigenvalue weighted by molar-refractivity contribution is 5.92. The van der Waals surface area contributed by atoms with Crippen molar-refractivity contribution >= 4 is 5.91 Å². The van der Waals surface area contributed by atoms with E-state index < -0.39 is 0 Å². The number of rotatable bonds is 5. The number of amides is 1. The number of aromatic nitrogens is 2. The van der Waals surface area contributed by atoms with Gasteiger partial charge in [0.25, 0.3) is 5.91 Å². The van der Waals surface area contributed by atoms with Crippen molar-refractivity contribution in [2.24, 2.45) is 0 Å². The van der Waals surface area contributed by atoms with Crippen molar-refractivity contribution in [1.82, 2.24) is 20.4 Å². The van der Waals surface area contributed by atoms with Crippen LogP contribution >= 0.6 is 0 Å². The van der Waals surface area contributed by atoms with Crippen molar-refractivity contribution in [2.45, 2.75) is 45.1 Å². The predicted molar refractivity (Wildman–Crippen MR) is 99.9 cm³/mol. The molecule has 1 saturated heterocycles. The van der Waals surface area contributed by atoms with Gasteiger partial charge in [0.2, 0.25) is 0 Å². The van der Waals surface area contributed by atoms with E-state index in [0.717, 1.165) is 25.9 Å². The number of carbonyl (C=O) groups excluding carboxylic acids is 1. The summed E-state index contributed by atoms with van der Waals surface area (Å²) in [5.74, 6) is -0.108. The molecular formula is C20H28N4O. The molecule has 5 heteroatoms. The molecule has 1 fully saturated rings. The molecule has 1 amide bonds. The number of nitrogens with zero attached hydrogens (tertiary/aromatic N) is 2. The average Bonchev–Trinajstić information content (AvgIpc) is 3.11. The van der Waals surface area contributed by atoms with E-state index in [1.165, 1.54) is 11.1 Å². The Labute approximate surface area is 149 Å². The van der Waals surface area contributed by atoms with Crippen LogP contribution in [0.1, 0.15) is 54.3 Å². The third-order valence-electron chi connectivity index (χ3n) is 4.98. The van der Waals surface area contributed by atoms with Gasteiger partial charge >= 0.3 is 0 Å². The van der Waals surface area contributed by atoms with E-state index >= 15 is 0 Å². The van der Waals surface area contributed by atoms with E-state index in [1.807, 2.05) is 16.9 Å². The SMILES string of the molecule is Cc1cccc(C(C)(C)CNC(=O)c2ccn(C3CCCNC3)n2)c1. The van der Waals surface area contributed by atoms with E-state index in [1.54, 1.807) is 0 Å². The molecule has 2 aromatic rings. The summed E-state index contributed by atoms with van der Waals surface area (Å²) < 4.78 is 1.92. The Balaban J connectivity index is 1.61. The highest BCUT2D eigenvalue weighted by Crippen LogP contribution is 2.23. The first-order valence-electron chi connectivity index (χ1n) is 9.07. The minimum atomic E-state index is -0.127. The van der Waals surface area contributed by atoms with Crippen molar-refractivity contribution in [3.63, 3.8) is 0 Å². The van der Waals surface area contributed by atoms with Crippen LogP contribution in [0.25, 0.3) is 0 Å². The second-order valence-electron chi connectivity index (χ2n) is 7.62. The molecule has 0 spiro atoms. The van der Waals surface area contributed by atoms with Crippen LogP contribution in [0.3, 0.4) is 0 Å². The van der Waals surface area contributed by atoms with Gasteiger partial charge in [-0.05, 0) is 37.9 Å². The fourth-order valence-corrected chi connectivity index (χ4v) is 3.28. The maximum absolute atomic E-state index is 12.5. The topological polar surface area (TPSA) is 59.0 Å². The molecule has 5 nitrogen and oxygen atoms in total. The Morgan fingerprint density at radius 3 is 2.96 bits per heavy atom. The fraction of sp³-hybridized carbons (Fsp3) is 0.500. The van der Waals surface area contributed by atoms with Gasteiger partial charge in [0.1, 0.15) is 5.69 Å². The lowest BCUT2D eigenvalue weighted by Crippen LogP contribution is -2.37. The number of aryl methyl sites for hydroxylation is 1. The Morgan fingerprint density at radius 2 is 2.24 bits per heavy atom. The number of hydrogen-bond acceptors (Lipinski definition) is 3. The van der Waals surface area contributed by atoms with Gasteiger partial charge in [-0.25, -0.2) is 0 Å². The summed E-state index contributed by atoms with van der Waals surface area (Å²) in [6, 6.07) is 10.6. The molecule has 2 heterocycles. The van der Waals surface area contributed by atoms with Crippen molar-refractivity contribution < 1.29 is 4.79 Å². The van der Waals surface area contributed by atoms with Gasteiger partial charge in [-0.1, -0.05) is 43.7 Å². The molecule has 1 unspecified atom stereocenters. The molecule has 3 rings (SSSR count). The maximum Gasteiger partial charge on any atom is 0.271 e. The van der Waals surface area contributed by atoms with E-state index in [0.29, 0.717) is 18.3 Å². The first-order chi connectivity index (χ1) is 12.0. The second kappa shape index (κ2) is 7.40. The minimum absolute atomic E-state index is 0.108. The van der Waals surface area contributed by atoms with Gasteiger partial charge in [-0.2, -0.15) is 5.10 Å². The Hall–Kier alpha value is -2.14. The molecule has 25 heavy (non-hydrogen) atoms. The highest BCUT2D eigenvalue weighted by atomic mass is 16.1. The average molecular weight is 340 g/mol. The Kier molecular flexibility index (Phi) is 5.23. The van der Waals surface area contributed by atoms with Crippen LogP contribution in [0.2, 0.25) is 0 Å². The molecular weight excluding hydrogens is 312 g/mol. The summed E-state index contributed by atoms with van der Waals surface area (Å²) in [7, 11) is 0. The lowest BCUT2D eigenvalue weighted by atomic mass is 9.84. The predicted octanol–water partition coefficient (Wildman–Crippen LogP) is 2.82. The molecule has 134 valence electrons. The number of nitrogens with one attached hydrogen (secondary N) is 2. The summed E-state index contributed by atoms with van der Waals surface area (Å²) >= 11 is 0. The number of carbonyl (C=O) groups is 1. The zero-order valence-corrected chi connectivity index (χ0v) is 15.4. The van der Waals surface area contributed by atoms with Crippen LogP contribution < -0.4 is 10.6 Å². The van der Waals surface area contributed by atoms with E-state index in [-0.39, 0.29) is 11.3 Å². The van der Waals surface area contributed by atoms with Crippen molar-refractivity contribution in [2.75, 3.05) is 19.6 Å². The maximum atomic E-state index is 12.5. The van der Waals surface area contributed by atoms with Crippen LogP contribution in [-0.4, -0.2) is 35.3 Å². The van der Waals surface area contributed by atoms with E-state index in [4.69, 9.17) is 0 Å². The van der Waals surface area contributed by atoms with Crippen LogP contribution in [0.15, 0.2) is 36.5 Å². The zero-order chi connectivity index (χ0) is 17.9. The second-order valence-corrected chi connectivity index (χ2v) is 7.62. The fourth-order valence-electron chi connectivity index (χ4n) is 3.28. The molecule has 1 aliphatic heterocycles. The van der Waals surface area contributed by atoms with Crippen LogP contribution in [0.4, 0.5) is 0 Å². The first kappa shape index (κ1) is 17.7. The summed E-state index contributed by atoms with van der Waals surface area (Å²) in [5, 5.41) is 10.9. The minimum Gasteiger partial charge on any atom is -0.350 e. The van der Waals surface area contributed by atoms with Gasteiger partial charge < -0.3 is 10.6 Å². The van der Waals surface area contributed by atoms with Gasteiger partial charge in [0.15, 0.2) is 0 Å². The summed E-state index contributed by atoms with van der Waals surface area (Å²) in [6.45, 7) is 8.95. The molecule has 1 aromatic carbocycles. The molecule has 0 radical (unpaired) electrons. The quantitative estimate of drug-likeness (QED) is 0.880. The first-order valence-corrected chi connectivity index (χ1v) is 9.07. The van der Waals surface area contributed by atoms with Gasteiger partial charge in [-0.15, -0.1) is 0 Å². The number of hydrogen-bond donors (Lipinski definition) is 2. The third kappa shape index (κ3) is 4.28. The zero-order valence-electron chi connectivity index (χ0n) is 15.4. The van der Waals surface area contributed by atoms with E-state index in [9.17, 15) is 4.79 Å². The van der Waals surface area contributed by atoms with Crippen molar-refractivity contribution in [3.8, 4) is 0 Å². The lowest BCUT2D eigenvalue weighted by molar-refractivity contribution is 0.0939. The Morgan fingerprint density at radius 1 is 1.40 bits per heavy atom. The number of piperidine rings is 1. The molecule has 0 bridgehead atoms. The van der Waals surface area contributed by atoms with Crippen LogP contribution in [0.5, 0.6) is 0 Å². The smallest absolute Gasteiger partial charge is 0.271 e. The number of benzene rings is 1. The van der Waals surface area contributed by atoms with Crippen LogP contribution in [0, 0.1) is 6.92 Å². The molecule has 1 aliphatic rings. The largest absolute Gasteiger partial charge is 0.350 e. The standard InChI is InChI=1S/C20H28N4O/c1-15-6-4-7-16(12-15)20(2,3)14-22-19(25)18-9-11-24(23-18)17-8-5-10-21-13-17/h4,6-7,9,11-12,17,21H,5,8,10,13-14H2,1-3H3,(H,22,25). The molecule has 2 N–H and O–H groups in total. The Bertz CT molecular complexity index is 729. The molecule has 0 saturated carbocycles. The van der Waals surface area contributed by atoms with Gasteiger partial charge in [0, 0.05) is 24.7 Å². The summed E-state index contributed by atoms with van der Waals surface area (Å²) in [4.78, 5) is 12.5. The van der Waals surface area contributed by atoms with Crippen molar-refractivity contribution in [3.05, 3.63) is 53.3 Å². The lowest BCUT2D eigenvalue weighted by Gasteiger charge is -2.26. The molecule has 1 atom stereocenters.